The van der Waals surface area contributed by atoms with Crippen LogP contribution in [0, 0.1) is 6.92 Å². The first-order valence-electron chi connectivity index (χ1n) is 3.74. The van der Waals surface area contributed by atoms with Gasteiger partial charge in [0.05, 0.1) is 5.02 Å². The first-order chi connectivity index (χ1) is 5.57. The largest absolute Gasteiger partial charge is 0.506 e. The average molecular weight is 205 g/mol. The molecule has 66 valence electrons. The Labute approximate surface area is 81.9 Å². The second kappa shape index (κ2) is 3.55. The minimum atomic E-state index is 0.154. The van der Waals surface area contributed by atoms with E-state index in [-0.39, 0.29) is 5.75 Å². The maximum Gasteiger partial charge on any atom is 0.137 e. The molecule has 1 rings (SSSR count). The molecule has 0 spiro atoms. The smallest absolute Gasteiger partial charge is 0.137 e. The Kier molecular flexibility index (Phi) is 2.86. The van der Waals surface area contributed by atoms with Crippen molar-refractivity contribution in [2.75, 3.05) is 0 Å². The fourth-order valence-electron chi connectivity index (χ4n) is 1.02. The fraction of sp³-hybridized carbons (Fsp3) is 0.333. The summed E-state index contributed by atoms with van der Waals surface area (Å²) in [5.41, 5.74) is 1.52. The summed E-state index contributed by atoms with van der Waals surface area (Å²) in [6.07, 6.45) is 0.728. The molecule has 1 nitrogen and oxygen atoms in total. The van der Waals surface area contributed by atoms with Crippen molar-refractivity contribution < 1.29 is 5.11 Å². The lowest BCUT2D eigenvalue weighted by atomic mass is 10.1. The highest BCUT2D eigenvalue weighted by Gasteiger charge is 2.10. The Morgan fingerprint density at radius 3 is 2.50 bits per heavy atom. The Morgan fingerprint density at radius 1 is 1.42 bits per heavy atom. The maximum absolute atomic E-state index is 9.51. The molecule has 0 aliphatic carbocycles. The van der Waals surface area contributed by atoms with E-state index in [1.165, 1.54) is 0 Å². The number of hydrogen-bond acceptors (Lipinski definition) is 1. The molecule has 0 saturated carbocycles. The van der Waals surface area contributed by atoms with Crippen LogP contribution in [0.25, 0.3) is 0 Å². The van der Waals surface area contributed by atoms with Crippen molar-refractivity contribution in [3.63, 3.8) is 0 Å². The Morgan fingerprint density at radius 2 is 2.00 bits per heavy atom. The molecule has 1 N–H and O–H groups in total. The van der Waals surface area contributed by atoms with Gasteiger partial charge in [-0.1, -0.05) is 30.1 Å². The van der Waals surface area contributed by atoms with Crippen molar-refractivity contribution in [1.82, 2.24) is 0 Å². The van der Waals surface area contributed by atoms with E-state index >= 15 is 0 Å². The molecule has 0 saturated heterocycles. The molecular formula is C9H10Cl2O. The van der Waals surface area contributed by atoms with Crippen LogP contribution in [0.1, 0.15) is 18.1 Å². The zero-order valence-electron chi connectivity index (χ0n) is 6.99. The van der Waals surface area contributed by atoms with Gasteiger partial charge in [0.2, 0.25) is 0 Å². The van der Waals surface area contributed by atoms with Gasteiger partial charge in [-0.25, -0.2) is 0 Å². The van der Waals surface area contributed by atoms with Gasteiger partial charge >= 0.3 is 0 Å². The van der Waals surface area contributed by atoms with Gasteiger partial charge in [0, 0.05) is 5.02 Å². The number of aryl methyl sites for hydroxylation is 1. The van der Waals surface area contributed by atoms with E-state index in [0.717, 1.165) is 17.5 Å². The minimum Gasteiger partial charge on any atom is -0.506 e. The van der Waals surface area contributed by atoms with Gasteiger partial charge in [0.15, 0.2) is 0 Å². The van der Waals surface area contributed by atoms with Gasteiger partial charge in [-0.05, 0) is 30.5 Å². The number of hydrogen-bond donors (Lipinski definition) is 1. The van der Waals surface area contributed by atoms with Crippen LogP contribution in [0.3, 0.4) is 0 Å². The first kappa shape index (κ1) is 9.69. The zero-order valence-corrected chi connectivity index (χ0v) is 8.50. The molecule has 0 atom stereocenters. The zero-order chi connectivity index (χ0) is 9.30. The molecule has 3 heteroatoms. The molecule has 0 aliphatic rings. The lowest BCUT2D eigenvalue weighted by Gasteiger charge is -2.07. The van der Waals surface area contributed by atoms with E-state index in [4.69, 9.17) is 23.2 Å². The summed E-state index contributed by atoms with van der Waals surface area (Å²) in [6.45, 7) is 3.72. The third kappa shape index (κ3) is 1.52. The van der Waals surface area contributed by atoms with Gasteiger partial charge in [0.1, 0.15) is 5.75 Å². The Balaban J connectivity index is 3.39. The SMILES string of the molecule is CCc1cc(Cl)c(C)c(Cl)c1O. The predicted molar refractivity (Wildman–Crippen MR) is 52.2 cm³/mol. The third-order valence-corrected chi connectivity index (χ3v) is 2.74. The number of halogens is 2. The molecule has 0 bridgehead atoms. The van der Waals surface area contributed by atoms with Gasteiger partial charge in [-0.15, -0.1) is 0 Å². The van der Waals surface area contributed by atoms with Crippen LogP contribution in [0.4, 0.5) is 0 Å². The molecule has 12 heavy (non-hydrogen) atoms. The monoisotopic (exact) mass is 204 g/mol. The van der Waals surface area contributed by atoms with E-state index in [0.29, 0.717) is 10.0 Å². The standard InChI is InChI=1S/C9H10Cl2O/c1-3-6-4-7(10)5(2)8(11)9(6)12/h4,12H,3H2,1-2H3. The summed E-state index contributed by atoms with van der Waals surface area (Å²) >= 11 is 11.7. The predicted octanol–water partition coefficient (Wildman–Crippen LogP) is 3.57. The second-order valence-electron chi connectivity index (χ2n) is 2.66. The number of phenols is 1. The third-order valence-electron chi connectivity index (χ3n) is 1.88. The van der Waals surface area contributed by atoms with E-state index in [1.807, 2.05) is 6.92 Å². The van der Waals surface area contributed by atoms with Crippen molar-refractivity contribution in [2.45, 2.75) is 20.3 Å². The van der Waals surface area contributed by atoms with Crippen LogP contribution >= 0.6 is 23.2 Å². The second-order valence-corrected chi connectivity index (χ2v) is 3.44. The summed E-state index contributed by atoms with van der Waals surface area (Å²) in [5, 5.41) is 10.5. The molecule has 0 radical (unpaired) electrons. The number of rotatable bonds is 1. The lowest BCUT2D eigenvalue weighted by Crippen LogP contribution is -1.86. The summed E-state index contributed by atoms with van der Waals surface area (Å²) < 4.78 is 0. The summed E-state index contributed by atoms with van der Waals surface area (Å²) in [5.74, 6) is 0.154. The Hall–Kier alpha value is -0.400. The highest BCUT2D eigenvalue weighted by Crippen LogP contribution is 2.35. The molecular weight excluding hydrogens is 195 g/mol. The molecule has 0 aromatic heterocycles. The molecule has 0 amide bonds. The molecule has 1 aromatic carbocycles. The number of benzene rings is 1. The van der Waals surface area contributed by atoms with Crippen LogP contribution in [0.5, 0.6) is 5.75 Å². The quantitative estimate of drug-likeness (QED) is 0.742. The molecule has 0 aliphatic heterocycles. The first-order valence-corrected chi connectivity index (χ1v) is 4.50. The van der Waals surface area contributed by atoms with Crippen LogP contribution in [-0.4, -0.2) is 5.11 Å². The van der Waals surface area contributed by atoms with Gasteiger partial charge in [0.25, 0.3) is 0 Å². The molecule has 0 fully saturated rings. The van der Waals surface area contributed by atoms with E-state index < -0.39 is 0 Å². The average Bonchev–Trinajstić information content (AvgIpc) is 2.08. The van der Waals surface area contributed by atoms with Crippen molar-refractivity contribution >= 4 is 23.2 Å². The van der Waals surface area contributed by atoms with E-state index in [1.54, 1.807) is 13.0 Å². The van der Waals surface area contributed by atoms with E-state index in [2.05, 4.69) is 0 Å². The van der Waals surface area contributed by atoms with Crippen molar-refractivity contribution in [3.8, 4) is 5.75 Å². The normalized spacial score (nSPS) is 10.3. The van der Waals surface area contributed by atoms with Crippen molar-refractivity contribution in [2.24, 2.45) is 0 Å². The highest BCUT2D eigenvalue weighted by atomic mass is 35.5. The molecule has 0 heterocycles. The fourth-order valence-corrected chi connectivity index (χ4v) is 1.52. The van der Waals surface area contributed by atoms with Crippen LogP contribution in [0.2, 0.25) is 10.0 Å². The van der Waals surface area contributed by atoms with Crippen LogP contribution in [0.15, 0.2) is 6.07 Å². The summed E-state index contributed by atoms with van der Waals surface area (Å²) in [6, 6.07) is 1.75. The summed E-state index contributed by atoms with van der Waals surface area (Å²) in [4.78, 5) is 0. The van der Waals surface area contributed by atoms with Crippen LogP contribution < -0.4 is 0 Å². The van der Waals surface area contributed by atoms with Crippen molar-refractivity contribution in [1.29, 1.82) is 0 Å². The molecule has 0 unspecified atom stereocenters. The topological polar surface area (TPSA) is 20.2 Å². The maximum atomic E-state index is 9.51. The Bertz CT molecular complexity index is 308. The number of aromatic hydroxyl groups is 1. The van der Waals surface area contributed by atoms with Gasteiger partial charge in [-0.3, -0.25) is 0 Å². The van der Waals surface area contributed by atoms with Gasteiger partial charge in [-0.2, -0.15) is 0 Å². The molecule has 1 aromatic rings. The highest BCUT2D eigenvalue weighted by molar-refractivity contribution is 6.37. The van der Waals surface area contributed by atoms with Crippen LogP contribution in [-0.2, 0) is 6.42 Å². The number of phenolic OH excluding ortho intramolecular Hbond substituents is 1. The minimum absolute atomic E-state index is 0.154. The summed E-state index contributed by atoms with van der Waals surface area (Å²) in [7, 11) is 0. The van der Waals surface area contributed by atoms with Crippen molar-refractivity contribution in [3.05, 3.63) is 27.2 Å². The lowest BCUT2D eigenvalue weighted by molar-refractivity contribution is 0.468. The van der Waals surface area contributed by atoms with Gasteiger partial charge < -0.3 is 5.11 Å². The van der Waals surface area contributed by atoms with E-state index in [9.17, 15) is 5.11 Å².